The van der Waals surface area contributed by atoms with Gasteiger partial charge < -0.3 is 10.3 Å². The van der Waals surface area contributed by atoms with E-state index >= 15 is 0 Å². The normalized spacial score (nSPS) is 12.7. The third-order valence-electron chi connectivity index (χ3n) is 3.12. The smallest absolute Gasteiger partial charge is 0.146 e. The number of fused-ring (bicyclic) bond motifs is 1. The molecule has 0 bridgehead atoms. The number of halogens is 1. The maximum Gasteiger partial charge on any atom is 0.146 e. The summed E-state index contributed by atoms with van der Waals surface area (Å²) in [6.07, 6.45) is 4.45. The summed E-state index contributed by atoms with van der Waals surface area (Å²) >= 11 is 0. The van der Waals surface area contributed by atoms with Crippen molar-refractivity contribution in [2.45, 2.75) is 12.6 Å². The molecule has 2 N–H and O–H groups in total. The molecule has 1 unspecified atom stereocenters. The zero-order chi connectivity index (χ0) is 13.2. The predicted molar refractivity (Wildman–Crippen MR) is 70.9 cm³/mol. The molecule has 19 heavy (non-hydrogen) atoms. The van der Waals surface area contributed by atoms with E-state index in [0.717, 1.165) is 11.0 Å². The van der Waals surface area contributed by atoms with E-state index in [2.05, 4.69) is 9.97 Å². The SMILES string of the molecule is NC(Cn1cnc2ccccc21)c1ccncc1F. The highest BCUT2D eigenvalue weighted by Gasteiger charge is 2.13. The van der Waals surface area contributed by atoms with Gasteiger partial charge >= 0.3 is 0 Å². The third-order valence-corrected chi connectivity index (χ3v) is 3.12. The molecule has 0 fully saturated rings. The van der Waals surface area contributed by atoms with Gasteiger partial charge in [-0.05, 0) is 18.2 Å². The molecule has 1 aromatic carbocycles. The van der Waals surface area contributed by atoms with Gasteiger partial charge in [-0.1, -0.05) is 12.1 Å². The van der Waals surface area contributed by atoms with Crippen LogP contribution in [0, 0.1) is 5.82 Å². The van der Waals surface area contributed by atoms with Crippen LogP contribution in [0.15, 0.2) is 49.1 Å². The molecule has 2 heterocycles. The molecular weight excluding hydrogens is 243 g/mol. The highest BCUT2D eigenvalue weighted by atomic mass is 19.1. The van der Waals surface area contributed by atoms with E-state index in [1.165, 1.54) is 6.20 Å². The fourth-order valence-corrected chi connectivity index (χ4v) is 2.15. The lowest BCUT2D eigenvalue weighted by Gasteiger charge is -2.13. The van der Waals surface area contributed by atoms with E-state index in [4.69, 9.17) is 5.73 Å². The molecule has 0 aliphatic rings. The minimum atomic E-state index is -0.430. The first-order valence-corrected chi connectivity index (χ1v) is 6.00. The molecule has 0 amide bonds. The van der Waals surface area contributed by atoms with Gasteiger partial charge in [0.05, 0.1) is 29.6 Å². The number of benzene rings is 1. The van der Waals surface area contributed by atoms with Gasteiger partial charge in [-0.15, -0.1) is 0 Å². The predicted octanol–water partition coefficient (Wildman–Crippen LogP) is 2.27. The zero-order valence-electron chi connectivity index (χ0n) is 10.2. The Hall–Kier alpha value is -2.27. The van der Waals surface area contributed by atoms with Gasteiger partial charge in [0.25, 0.3) is 0 Å². The number of aromatic nitrogens is 3. The molecule has 0 saturated carbocycles. The van der Waals surface area contributed by atoms with E-state index in [-0.39, 0.29) is 5.82 Å². The molecule has 0 aliphatic heterocycles. The van der Waals surface area contributed by atoms with Crippen LogP contribution >= 0.6 is 0 Å². The second-order valence-electron chi connectivity index (χ2n) is 4.39. The molecule has 5 heteroatoms. The Morgan fingerprint density at radius 2 is 2.11 bits per heavy atom. The maximum absolute atomic E-state index is 13.6. The number of nitrogens with two attached hydrogens (primary N) is 1. The lowest BCUT2D eigenvalue weighted by atomic mass is 10.1. The van der Waals surface area contributed by atoms with Crippen molar-refractivity contribution in [3.8, 4) is 0 Å². The highest BCUT2D eigenvalue weighted by Crippen LogP contribution is 2.18. The van der Waals surface area contributed by atoms with Crippen LogP contribution in [0.3, 0.4) is 0 Å². The summed E-state index contributed by atoms with van der Waals surface area (Å²) in [4.78, 5) is 8.01. The summed E-state index contributed by atoms with van der Waals surface area (Å²) in [5, 5.41) is 0. The molecule has 4 nitrogen and oxygen atoms in total. The molecule has 3 rings (SSSR count). The van der Waals surface area contributed by atoms with Gasteiger partial charge in [0, 0.05) is 18.3 Å². The molecular formula is C14H13FN4. The lowest BCUT2D eigenvalue weighted by molar-refractivity contribution is 0.534. The fraction of sp³-hybridized carbons (Fsp3) is 0.143. The standard InChI is InChI=1S/C14H13FN4/c15-11-7-17-6-5-10(11)12(16)8-19-9-18-13-3-1-2-4-14(13)19/h1-7,9,12H,8,16H2. The maximum atomic E-state index is 13.6. The van der Waals surface area contributed by atoms with Crippen LogP contribution in [-0.2, 0) is 6.54 Å². The zero-order valence-corrected chi connectivity index (χ0v) is 10.2. The average molecular weight is 256 g/mol. The molecule has 2 aromatic heterocycles. The first kappa shape index (κ1) is 11.8. The monoisotopic (exact) mass is 256 g/mol. The Morgan fingerprint density at radius 3 is 2.95 bits per heavy atom. The molecule has 3 aromatic rings. The minimum Gasteiger partial charge on any atom is -0.329 e. The number of para-hydroxylation sites is 2. The molecule has 96 valence electrons. The van der Waals surface area contributed by atoms with E-state index < -0.39 is 6.04 Å². The number of hydrogen-bond donors (Lipinski definition) is 1. The van der Waals surface area contributed by atoms with Crippen molar-refractivity contribution in [3.63, 3.8) is 0 Å². The Balaban J connectivity index is 1.91. The quantitative estimate of drug-likeness (QED) is 0.782. The van der Waals surface area contributed by atoms with Crippen LogP contribution in [0.1, 0.15) is 11.6 Å². The van der Waals surface area contributed by atoms with Crippen LogP contribution < -0.4 is 5.73 Å². The lowest BCUT2D eigenvalue weighted by Crippen LogP contribution is -2.18. The molecule has 0 saturated heterocycles. The van der Waals surface area contributed by atoms with Gasteiger partial charge in [-0.25, -0.2) is 9.37 Å². The van der Waals surface area contributed by atoms with Crippen molar-refractivity contribution in [1.29, 1.82) is 0 Å². The van der Waals surface area contributed by atoms with E-state index in [9.17, 15) is 4.39 Å². The first-order chi connectivity index (χ1) is 9.25. The summed E-state index contributed by atoms with van der Waals surface area (Å²) in [6.45, 7) is 0.474. The Labute approximate surface area is 109 Å². The van der Waals surface area contributed by atoms with Crippen molar-refractivity contribution in [2.24, 2.45) is 5.73 Å². The van der Waals surface area contributed by atoms with Crippen LogP contribution in [0.2, 0.25) is 0 Å². The molecule has 0 aliphatic carbocycles. The summed E-state index contributed by atoms with van der Waals surface area (Å²) in [6, 6.07) is 8.96. The third kappa shape index (κ3) is 2.20. The van der Waals surface area contributed by atoms with Crippen LogP contribution in [-0.4, -0.2) is 14.5 Å². The van der Waals surface area contributed by atoms with Gasteiger partial charge in [-0.2, -0.15) is 0 Å². The van der Waals surface area contributed by atoms with Crippen molar-refractivity contribution >= 4 is 11.0 Å². The van der Waals surface area contributed by atoms with Crippen LogP contribution in [0.5, 0.6) is 0 Å². The summed E-state index contributed by atoms with van der Waals surface area (Å²) in [5.74, 6) is -0.376. The summed E-state index contributed by atoms with van der Waals surface area (Å²) < 4.78 is 15.5. The number of hydrogen-bond acceptors (Lipinski definition) is 3. The number of rotatable bonds is 3. The second-order valence-corrected chi connectivity index (χ2v) is 4.39. The number of pyridine rings is 1. The van der Waals surface area contributed by atoms with Crippen molar-refractivity contribution < 1.29 is 4.39 Å². The largest absolute Gasteiger partial charge is 0.329 e. The van der Waals surface area contributed by atoms with E-state index in [1.54, 1.807) is 18.6 Å². The summed E-state index contributed by atoms with van der Waals surface area (Å²) in [7, 11) is 0. The second kappa shape index (κ2) is 4.78. The molecule has 1 atom stereocenters. The van der Waals surface area contributed by atoms with Crippen LogP contribution in [0.4, 0.5) is 4.39 Å². The molecule has 0 radical (unpaired) electrons. The number of nitrogens with zero attached hydrogens (tertiary/aromatic N) is 3. The van der Waals surface area contributed by atoms with Gasteiger partial charge in [0.15, 0.2) is 0 Å². The summed E-state index contributed by atoms with van der Waals surface area (Å²) in [5.41, 5.74) is 8.43. The van der Waals surface area contributed by atoms with Gasteiger partial charge in [0.2, 0.25) is 0 Å². The van der Waals surface area contributed by atoms with Crippen molar-refractivity contribution in [1.82, 2.24) is 14.5 Å². The Bertz CT molecular complexity index is 707. The highest BCUT2D eigenvalue weighted by molar-refractivity contribution is 5.74. The van der Waals surface area contributed by atoms with E-state index in [1.807, 2.05) is 28.8 Å². The minimum absolute atomic E-state index is 0.376. The molecule has 0 spiro atoms. The average Bonchev–Trinajstić information content (AvgIpc) is 2.83. The first-order valence-electron chi connectivity index (χ1n) is 6.00. The topological polar surface area (TPSA) is 56.7 Å². The van der Waals surface area contributed by atoms with Crippen LogP contribution in [0.25, 0.3) is 11.0 Å². The van der Waals surface area contributed by atoms with Crippen molar-refractivity contribution in [3.05, 3.63) is 60.4 Å². The fourth-order valence-electron chi connectivity index (χ4n) is 2.15. The van der Waals surface area contributed by atoms with Crippen molar-refractivity contribution in [2.75, 3.05) is 0 Å². The van der Waals surface area contributed by atoms with Gasteiger partial charge in [0.1, 0.15) is 5.82 Å². The Morgan fingerprint density at radius 1 is 1.26 bits per heavy atom. The Kier molecular flexibility index (Phi) is 2.97. The van der Waals surface area contributed by atoms with E-state index in [0.29, 0.717) is 12.1 Å². The number of imidazole rings is 1. The van der Waals surface area contributed by atoms with Gasteiger partial charge in [-0.3, -0.25) is 4.98 Å².